The van der Waals surface area contributed by atoms with E-state index in [4.69, 9.17) is 10.5 Å². The first kappa shape index (κ1) is 14.1. The van der Waals surface area contributed by atoms with Gasteiger partial charge in [0.2, 0.25) is 5.43 Å². The highest BCUT2D eigenvalue weighted by Crippen LogP contribution is 2.21. The summed E-state index contributed by atoms with van der Waals surface area (Å²) in [6.45, 7) is 5.88. The van der Waals surface area contributed by atoms with Crippen LogP contribution in [-0.4, -0.2) is 17.1 Å². The maximum Gasteiger partial charge on any atom is 0.343 e. The third-order valence-corrected chi connectivity index (χ3v) is 3.14. The molecule has 2 rings (SSSR count). The van der Waals surface area contributed by atoms with Crippen molar-refractivity contribution in [2.45, 2.75) is 26.8 Å². The monoisotopic (exact) mass is 274 g/mol. The number of esters is 1. The van der Waals surface area contributed by atoms with E-state index in [1.807, 2.05) is 24.5 Å². The first-order valence-electron chi connectivity index (χ1n) is 6.57. The highest BCUT2D eigenvalue weighted by molar-refractivity contribution is 5.97. The number of carbonyl (C=O) groups is 1. The lowest BCUT2D eigenvalue weighted by molar-refractivity contribution is 0.0524. The number of aromatic nitrogens is 1. The number of nitrogens with two attached hydrogens (primary N) is 1. The van der Waals surface area contributed by atoms with Gasteiger partial charge in [-0.15, -0.1) is 0 Å². The van der Waals surface area contributed by atoms with Gasteiger partial charge in [0.05, 0.1) is 17.5 Å². The van der Waals surface area contributed by atoms with Crippen molar-refractivity contribution in [3.8, 4) is 0 Å². The zero-order valence-electron chi connectivity index (χ0n) is 11.8. The summed E-state index contributed by atoms with van der Waals surface area (Å²) in [6.07, 6.45) is 1.55. The first-order chi connectivity index (χ1) is 9.47. The van der Waals surface area contributed by atoms with Crippen molar-refractivity contribution in [2.75, 3.05) is 12.3 Å². The Bertz CT molecular complexity index is 717. The van der Waals surface area contributed by atoms with Gasteiger partial charge in [-0.2, -0.15) is 0 Å². The summed E-state index contributed by atoms with van der Waals surface area (Å²) in [5.74, 6) is -0.614. The minimum Gasteiger partial charge on any atom is -0.462 e. The molecule has 2 N–H and O–H groups in total. The molecule has 0 amide bonds. The Hall–Kier alpha value is -2.30. The molecule has 0 aliphatic carbocycles. The van der Waals surface area contributed by atoms with Crippen LogP contribution in [0, 0.1) is 0 Å². The zero-order valence-corrected chi connectivity index (χ0v) is 11.8. The molecule has 2 aromatic rings. The molecular weight excluding hydrogens is 256 g/mol. The maximum atomic E-state index is 12.4. The molecule has 1 aromatic carbocycles. The van der Waals surface area contributed by atoms with Crippen LogP contribution < -0.4 is 11.2 Å². The van der Waals surface area contributed by atoms with Gasteiger partial charge in [0.15, 0.2) is 0 Å². The van der Waals surface area contributed by atoms with Crippen LogP contribution >= 0.6 is 0 Å². The van der Waals surface area contributed by atoms with Crippen LogP contribution in [0.15, 0.2) is 29.2 Å². The normalized spacial score (nSPS) is 11.0. The summed E-state index contributed by atoms with van der Waals surface area (Å²) in [6, 6.07) is 5.36. The SMILES string of the molecule is CCOC(=O)c1cn(C(C)C)c2cccc(N)c2c1=O. The van der Waals surface area contributed by atoms with Crippen molar-refractivity contribution in [1.82, 2.24) is 4.57 Å². The zero-order chi connectivity index (χ0) is 14.9. The van der Waals surface area contributed by atoms with E-state index in [-0.39, 0.29) is 23.6 Å². The van der Waals surface area contributed by atoms with Crippen molar-refractivity contribution in [3.63, 3.8) is 0 Å². The van der Waals surface area contributed by atoms with Gasteiger partial charge in [0, 0.05) is 17.9 Å². The number of nitrogen functional groups attached to an aromatic ring is 1. The lowest BCUT2D eigenvalue weighted by Gasteiger charge is -2.17. The third kappa shape index (κ3) is 2.27. The second kappa shape index (κ2) is 5.36. The van der Waals surface area contributed by atoms with E-state index in [0.717, 1.165) is 5.52 Å². The van der Waals surface area contributed by atoms with Crippen molar-refractivity contribution < 1.29 is 9.53 Å². The molecule has 0 saturated heterocycles. The van der Waals surface area contributed by atoms with Crippen LogP contribution in [0.4, 0.5) is 5.69 Å². The number of carbonyl (C=O) groups excluding carboxylic acids is 1. The fraction of sp³-hybridized carbons (Fsp3) is 0.333. The molecule has 0 bridgehead atoms. The predicted octanol–water partition coefficient (Wildman–Crippen LogP) is 2.34. The van der Waals surface area contributed by atoms with Gasteiger partial charge >= 0.3 is 5.97 Å². The van der Waals surface area contributed by atoms with Gasteiger partial charge in [-0.25, -0.2) is 4.79 Å². The van der Waals surface area contributed by atoms with Crippen LogP contribution in [0.3, 0.4) is 0 Å². The highest BCUT2D eigenvalue weighted by Gasteiger charge is 2.18. The fourth-order valence-corrected chi connectivity index (χ4v) is 2.20. The topological polar surface area (TPSA) is 74.3 Å². The highest BCUT2D eigenvalue weighted by atomic mass is 16.5. The molecule has 5 heteroatoms. The Morgan fingerprint density at radius 1 is 1.40 bits per heavy atom. The second-order valence-corrected chi connectivity index (χ2v) is 4.83. The number of pyridine rings is 1. The quantitative estimate of drug-likeness (QED) is 0.688. The van der Waals surface area contributed by atoms with Crippen LogP contribution in [0.2, 0.25) is 0 Å². The molecule has 1 aromatic heterocycles. The number of nitrogens with zero attached hydrogens (tertiary/aromatic N) is 1. The molecule has 1 heterocycles. The predicted molar refractivity (Wildman–Crippen MR) is 79.0 cm³/mol. The Balaban J connectivity index is 2.85. The van der Waals surface area contributed by atoms with E-state index in [9.17, 15) is 9.59 Å². The van der Waals surface area contributed by atoms with E-state index in [1.54, 1.807) is 25.3 Å². The lowest BCUT2D eigenvalue weighted by Crippen LogP contribution is -2.22. The van der Waals surface area contributed by atoms with Gasteiger partial charge in [-0.1, -0.05) is 6.07 Å². The standard InChI is InChI=1S/C15H18N2O3/c1-4-20-15(19)10-8-17(9(2)3)12-7-5-6-11(16)13(12)14(10)18/h5-9H,4,16H2,1-3H3. The number of anilines is 1. The number of benzene rings is 1. The van der Waals surface area contributed by atoms with E-state index < -0.39 is 5.97 Å². The maximum absolute atomic E-state index is 12.4. The Morgan fingerprint density at radius 3 is 2.70 bits per heavy atom. The van der Waals surface area contributed by atoms with E-state index in [2.05, 4.69) is 0 Å². The van der Waals surface area contributed by atoms with E-state index >= 15 is 0 Å². The Labute approximate surface area is 117 Å². The summed E-state index contributed by atoms with van der Waals surface area (Å²) in [5.41, 5.74) is 6.63. The average molecular weight is 274 g/mol. The molecule has 0 aliphatic rings. The smallest absolute Gasteiger partial charge is 0.343 e. The number of rotatable bonds is 3. The Kier molecular flexibility index (Phi) is 3.79. The molecule has 0 spiro atoms. The summed E-state index contributed by atoms with van der Waals surface area (Å²) >= 11 is 0. The number of ether oxygens (including phenoxy) is 1. The van der Waals surface area contributed by atoms with Crippen molar-refractivity contribution in [1.29, 1.82) is 0 Å². The molecule has 0 fully saturated rings. The third-order valence-electron chi connectivity index (χ3n) is 3.14. The van der Waals surface area contributed by atoms with E-state index in [1.165, 1.54) is 0 Å². The number of fused-ring (bicyclic) bond motifs is 1. The molecule has 20 heavy (non-hydrogen) atoms. The van der Waals surface area contributed by atoms with Gasteiger partial charge in [-0.05, 0) is 32.9 Å². The summed E-state index contributed by atoms with van der Waals surface area (Å²) < 4.78 is 6.80. The minimum atomic E-state index is -0.614. The molecular formula is C15H18N2O3. The summed E-state index contributed by atoms with van der Waals surface area (Å²) in [4.78, 5) is 24.4. The van der Waals surface area contributed by atoms with Gasteiger partial charge in [-0.3, -0.25) is 4.79 Å². The van der Waals surface area contributed by atoms with Crippen LogP contribution in [0.25, 0.3) is 10.9 Å². The second-order valence-electron chi connectivity index (χ2n) is 4.83. The average Bonchev–Trinajstić information content (AvgIpc) is 2.38. The fourth-order valence-electron chi connectivity index (χ4n) is 2.20. The molecule has 106 valence electrons. The van der Waals surface area contributed by atoms with Crippen LogP contribution in [0.1, 0.15) is 37.2 Å². The molecule has 0 saturated carbocycles. The van der Waals surface area contributed by atoms with Crippen molar-refractivity contribution >= 4 is 22.6 Å². The first-order valence-corrected chi connectivity index (χ1v) is 6.57. The van der Waals surface area contributed by atoms with Crippen molar-refractivity contribution in [2.24, 2.45) is 0 Å². The number of hydrogen-bond donors (Lipinski definition) is 1. The molecule has 0 radical (unpaired) electrons. The summed E-state index contributed by atoms with van der Waals surface area (Å²) in [7, 11) is 0. The van der Waals surface area contributed by atoms with Crippen LogP contribution in [0.5, 0.6) is 0 Å². The molecule has 0 aliphatic heterocycles. The summed E-state index contributed by atoms with van der Waals surface area (Å²) in [5, 5.41) is 0.367. The molecule has 5 nitrogen and oxygen atoms in total. The van der Waals surface area contributed by atoms with Gasteiger partial charge in [0.25, 0.3) is 0 Å². The molecule has 0 unspecified atom stereocenters. The van der Waals surface area contributed by atoms with Crippen LogP contribution in [-0.2, 0) is 4.74 Å². The van der Waals surface area contributed by atoms with Crippen molar-refractivity contribution in [3.05, 3.63) is 40.2 Å². The molecule has 0 atom stereocenters. The largest absolute Gasteiger partial charge is 0.462 e. The van der Waals surface area contributed by atoms with E-state index in [0.29, 0.717) is 11.1 Å². The number of hydrogen-bond acceptors (Lipinski definition) is 4. The minimum absolute atomic E-state index is 0.0194. The van der Waals surface area contributed by atoms with Gasteiger partial charge < -0.3 is 15.0 Å². The Morgan fingerprint density at radius 2 is 2.10 bits per heavy atom. The van der Waals surface area contributed by atoms with Gasteiger partial charge in [0.1, 0.15) is 5.56 Å². The lowest BCUT2D eigenvalue weighted by atomic mass is 10.1.